The quantitative estimate of drug-likeness (QED) is 0.747. The Morgan fingerprint density at radius 1 is 1.39 bits per heavy atom. The third kappa shape index (κ3) is 1.75. The van der Waals surface area contributed by atoms with Gasteiger partial charge in [0.25, 0.3) is 0 Å². The minimum absolute atomic E-state index is 0.398. The zero-order valence-electron chi connectivity index (χ0n) is 9.44. The molecule has 3 aromatic heterocycles. The van der Waals surface area contributed by atoms with Crippen LogP contribution < -0.4 is 5.73 Å². The van der Waals surface area contributed by atoms with Gasteiger partial charge in [0.2, 0.25) is 0 Å². The molecule has 0 saturated carbocycles. The first-order valence-electron chi connectivity index (χ1n) is 5.21. The minimum atomic E-state index is 0.398. The van der Waals surface area contributed by atoms with Gasteiger partial charge in [0.15, 0.2) is 11.6 Å². The van der Waals surface area contributed by atoms with Gasteiger partial charge in [-0.1, -0.05) is 22.8 Å². The summed E-state index contributed by atoms with van der Waals surface area (Å²) in [7, 11) is 0. The van der Waals surface area contributed by atoms with E-state index in [9.17, 15) is 0 Å². The molecule has 0 aliphatic heterocycles. The van der Waals surface area contributed by atoms with E-state index in [0.717, 1.165) is 20.9 Å². The molecule has 0 bridgehead atoms. The van der Waals surface area contributed by atoms with Gasteiger partial charge < -0.3 is 10.3 Å². The van der Waals surface area contributed by atoms with E-state index >= 15 is 0 Å². The molecular weight excluding hydrogens is 288 g/mol. The maximum Gasteiger partial charge on any atom is 0.189 e. The van der Waals surface area contributed by atoms with Crippen molar-refractivity contribution in [1.29, 1.82) is 0 Å². The van der Waals surface area contributed by atoms with Crippen molar-refractivity contribution in [2.75, 3.05) is 5.73 Å². The SMILES string of the molecule is Cc1csc(-c2onc(N)c2-c2cccs2)c1Cl. The molecule has 0 unspecified atom stereocenters. The van der Waals surface area contributed by atoms with Crippen LogP contribution in [-0.4, -0.2) is 5.16 Å². The molecule has 3 nitrogen and oxygen atoms in total. The fraction of sp³-hybridized carbons (Fsp3) is 0.0833. The average Bonchev–Trinajstić information content (AvgIpc) is 3.03. The molecule has 6 heteroatoms. The number of nitrogens with two attached hydrogens (primary N) is 1. The van der Waals surface area contributed by atoms with Crippen LogP contribution in [0.25, 0.3) is 21.1 Å². The highest BCUT2D eigenvalue weighted by atomic mass is 35.5. The lowest BCUT2D eigenvalue weighted by Crippen LogP contribution is -1.86. The van der Waals surface area contributed by atoms with Crippen LogP contribution in [0.1, 0.15) is 5.56 Å². The van der Waals surface area contributed by atoms with Crippen LogP contribution >= 0.6 is 34.3 Å². The number of aryl methyl sites for hydroxylation is 1. The number of aromatic nitrogens is 1. The number of hydrogen-bond donors (Lipinski definition) is 1. The van der Waals surface area contributed by atoms with Gasteiger partial charge in [0.05, 0.1) is 15.5 Å². The van der Waals surface area contributed by atoms with Crippen LogP contribution in [0.5, 0.6) is 0 Å². The summed E-state index contributed by atoms with van der Waals surface area (Å²) >= 11 is 9.41. The monoisotopic (exact) mass is 296 g/mol. The molecule has 0 radical (unpaired) electrons. The van der Waals surface area contributed by atoms with Gasteiger partial charge in [-0.15, -0.1) is 22.7 Å². The highest BCUT2D eigenvalue weighted by Gasteiger charge is 2.22. The number of nitrogens with zero attached hydrogens (tertiary/aromatic N) is 1. The Hall–Kier alpha value is -1.30. The van der Waals surface area contributed by atoms with E-state index in [2.05, 4.69) is 5.16 Å². The maximum atomic E-state index is 6.27. The van der Waals surface area contributed by atoms with Crippen molar-refractivity contribution in [3.63, 3.8) is 0 Å². The summed E-state index contributed by atoms with van der Waals surface area (Å²) in [6.07, 6.45) is 0. The van der Waals surface area contributed by atoms with Crippen LogP contribution in [0.15, 0.2) is 27.4 Å². The second-order valence-electron chi connectivity index (χ2n) is 3.81. The summed E-state index contributed by atoms with van der Waals surface area (Å²) in [4.78, 5) is 1.91. The molecule has 0 fully saturated rings. The van der Waals surface area contributed by atoms with Crippen molar-refractivity contribution in [2.45, 2.75) is 6.92 Å². The van der Waals surface area contributed by atoms with Crippen molar-refractivity contribution in [3.05, 3.63) is 33.5 Å². The highest BCUT2D eigenvalue weighted by Crippen LogP contribution is 2.44. The molecule has 0 aliphatic rings. The highest BCUT2D eigenvalue weighted by molar-refractivity contribution is 7.15. The zero-order chi connectivity index (χ0) is 12.7. The third-order valence-electron chi connectivity index (χ3n) is 2.59. The van der Waals surface area contributed by atoms with E-state index in [0.29, 0.717) is 16.6 Å². The van der Waals surface area contributed by atoms with E-state index in [-0.39, 0.29) is 0 Å². The van der Waals surface area contributed by atoms with Gasteiger partial charge in [0, 0.05) is 4.88 Å². The number of nitrogen functional groups attached to an aromatic ring is 1. The predicted molar refractivity (Wildman–Crippen MR) is 77.3 cm³/mol. The number of hydrogen-bond acceptors (Lipinski definition) is 5. The summed E-state index contributed by atoms with van der Waals surface area (Å²) in [6.45, 7) is 1.97. The summed E-state index contributed by atoms with van der Waals surface area (Å²) in [5, 5.41) is 8.55. The Labute approximate surface area is 117 Å². The van der Waals surface area contributed by atoms with Gasteiger partial charge in [-0.2, -0.15) is 0 Å². The average molecular weight is 297 g/mol. The minimum Gasteiger partial charge on any atom is -0.380 e. The Morgan fingerprint density at radius 2 is 2.22 bits per heavy atom. The van der Waals surface area contributed by atoms with E-state index in [1.54, 1.807) is 11.3 Å². The molecule has 0 saturated heterocycles. The molecule has 3 aromatic rings. The lowest BCUT2D eigenvalue weighted by molar-refractivity contribution is 0.437. The second kappa shape index (κ2) is 4.42. The van der Waals surface area contributed by atoms with Gasteiger partial charge in [-0.05, 0) is 29.3 Å². The summed E-state index contributed by atoms with van der Waals surface area (Å²) in [5.41, 5.74) is 7.75. The van der Waals surface area contributed by atoms with E-state index in [4.69, 9.17) is 21.9 Å². The Balaban J connectivity index is 2.23. The molecule has 92 valence electrons. The molecule has 0 atom stereocenters. The lowest BCUT2D eigenvalue weighted by Gasteiger charge is -1.98. The molecule has 2 N–H and O–H groups in total. The molecule has 3 heterocycles. The number of halogens is 1. The molecule has 0 amide bonds. The van der Waals surface area contributed by atoms with E-state index in [1.165, 1.54) is 11.3 Å². The fourth-order valence-corrected chi connectivity index (χ4v) is 3.74. The van der Waals surface area contributed by atoms with Gasteiger partial charge >= 0.3 is 0 Å². The Kier molecular flexibility index (Phi) is 2.89. The number of rotatable bonds is 2. The van der Waals surface area contributed by atoms with Crippen LogP contribution in [-0.2, 0) is 0 Å². The predicted octanol–water partition coefficient (Wildman–Crippen LogP) is 4.68. The van der Waals surface area contributed by atoms with E-state index < -0.39 is 0 Å². The topological polar surface area (TPSA) is 52.0 Å². The van der Waals surface area contributed by atoms with Crippen LogP contribution in [0.2, 0.25) is 5.02 Å². The normalized spacial score (nSPS) is 11.0. The molecule has 0 aliphatic carbocycles. The lowest BCUT2D eigenvalue weighted by atomic mass is 10.1. The van der Waals surface area contributed by atoms with Crippen LogP contribution in [0.4, 0.5) is 5.82 Å². The zero-order valence-corrected chi connectivity index (χ0v) is 11.8. The first kappa shape index (κ1) is 11.8. The van der Waals surface area contributed by atoms with Crippen molar-refractivity contribution in [3.8, 4) is 21.1 Å². The summed E-state index contributed by atoms with van der Waals surface area (Å²) in [6, 6.07) is 3.96. The van der Waals surface area contributed by atoms with E-state index in [1.807, 2.05) is 29.8 Å². The van der Waals surface area contributed by atoms with Gasteiger partial charge in [-0.3, -0.25) is 0 Å². The standard InChI is InChI=1S/C12H9ClN2OS2/c1-6-5-18-11(9(6)13)10-8(12(14)15-16-10)7-3-2-4-17-7/h2-5H,1H3,(H2,14,15). The summed E-state index contributed by atoms with van der Waals surface area (Å²) < 4.78 is 5.36. The van der Waals surface area contributed by atoms with Gasteiger partial charge in [-0.25, -0.2) is 0 Å². The fourth-order valence-electron chi connectivity index (χ4n) is 1.70. The molecule has 3 rings (SSSR count). The molecule has 0 spiro atoms. The van der Waals surface area contributed by atoms with Gasteiger partial charge in [0.1, 0.15) is 0 Å². The molecule has 18 heavy (non-hydrogen) atoms. The largest absolute Gasteiger partial charge is 0.380 e. The van der Waals surface area contributed by atoms with Crippen molar-refractivity contribution >= 4 is 40.1 Å². The smallest absolute Gasteiger partial charge is 0.189 e. The molecule has 0 aromatic carbocycles. The Morgan fingerprint density at radius 3 is 2.83 bits per heavy atom. The Bertz CT molecular complexity index is 685. The second-order valence-corrected chi connectivity index (χ2v) is 6.02. The van der Waals surface area contributed by atoms with Crippen LogP contribution in [0, 0.1) is 6.92 Å². The molecular formula is C12H9ClN2OS2. The van der Waals surface area contributed by atoms with Crippen molar-refractivity contribution in [2.24, 2.45) is 0 Å². The van der Waals surface area contributed by atoms with Crippen LogP contribution in [0.3, 0.4) is 0 Å². The number of anilines is 1. The summed E-state index contributed by atoms with van der Waals surface area (Å²) in [5.74, 6) is 1.05. The number of thiophene rings is 2. The first-order chi connectivity index (χ1) is 8.68. The third-order valence-corrected chi connectivity index (χ3v) is 5.17. The maximum absolute atomic E-state index is 6.27. The first-order valence-corrected chi connectivity index (χ1v) is 7.35. The van der Waals surface area contributed by atoms with Crippen molar-refractivity contribution in [1.82, 2.24) is 5.16 Å². The van der Waals surface area contributed by atoms with Crippen molar-refractivity contribution < 1.29 is 4.52 Å².